The molecule has 0 fully saturated rings. The Bertz CT molecular complexity index is 1760. The Morgan fingerprint density at radius 3 is 1.52 bits per heavy atom. The van der Waals surface area contributed by atoms with Crippen molar-refractivity contribution in [2.75, 3.05) is 14.2 Å². The number of allylic oxidation sites excluding steroid dienone is 4. The van der Waals surface area contributed by atoms with E-state index in [4.69, 9.17) is 33.0 Å². The summed E-state index contributed by atoms with van der Waals surface area (Å²) in [7, 11) is 3.05. The van der Waals surface area contributed by atoms with Crippen molar-refractivity contribution in [2.45, 2.75) is 65.9 Å². The van der Waals surface area contributed by atoms with E-state index >= 15 is 0 Å². The zero-order valence-electron chi connectivity index (χ0n) is 36.5. The number of aliphatic hydroxyl groups excluding tert-OH is 1. The fourth-order valence-electron chi connectivity index (χ4n) is 6.68. The molecule has 0 aliphatic heterocycles. The SMILES string of the molecule is COc1cc(-c2ccc(CCl)cc2C2=CCCC2(C)C)c(F)cn1.COc1cc(-c2ccc(CO)cc2C2=CCCC2(C)C)c(F)cn1.[3H][3H].[3H][3H].[3H][3H].[3H][3H]. The van der Waals surface area contributed by atoms with Crippen molar-refractivity contribution in [3.63, 3.8) is 0 Å². The number of methoxy groups -OCH3 is 2. The Kier molecular flexibility index (Phi) is 9.12. The molecule has 0 saturated carbocycles. The van der Waals surface area contributed by atoms with Crippen molar-refractivity contribution in [3.8, 4) is 34.0 Å². The molecular formula is C40H51ClF2N2O3. The summed E-state index contributed by atoms with van der Waals surface area (Å²) in [5.41, 5.74) is 9.01. The van der Waals surface area contributed by atoms with Crippen LogP contribution in [0.5, 0.6) is 11.8 Å². The van der Waals surface area contributed by atoms with Crippen LogP contribution in [0, 0.1) is 22.5 Å². The molecule has 2 aromatic heterocycles. The van der Waals surface area contributed by atoms with Crippen LogP contribution in [0.2, 0.25) is 0 Å². The molecule has 0 spiro atoms. The maximum Gasteiger partial charge on any atom is 0.213 e. The molecule has 0 amide bonds. The van der Waals surface area contributed by atoms with Gasteiger partial charge in [-0.15, -0.1) is 11.6 Å². The largest absolute Gasteiger partial charge is 0.481 e. The standard InChI is InChI=1S/C20H21ClFNO.C20H22FNO2.4H2/c1-20(2)8-4-5-17(20)15-9-13(11-21)6-7-14(15)16-10-19(24-3)23-12-18(16)22;1-20(2)8-4-5-17(20)15-9-13(12-23)6-7-14(15)16-10-19(24-3)22-11-18(16)21;;;;/h5-7,9-10,12H,4,8,11H2,1-3H3;5-7,9-11,23H,4,8,12H2,1-3H3;4*1H/i;;4*1+2T. The van der Waals surface area contributed by atoms with Gasteiger partial charge in [0.25, 0.3) is 0 Å². The number of hydrogen-bond donors (Lipinski definition) is 1. The van der Waals surface area contributed by atoms with Crippen molar-refractivity contribution in [1.82, 2.24) is 9.97 Å². The van der Waals surface area contributed by atoms with Crippen LogP contribution in [-0.2, 0) is 12.5 Å². The smallest absolute Gasteiger partial charge is 0.213 e. The van der Waals surface area contributed by atoms with Crippen LogP contribution in [0.4, 0.5) is 8.78 Å². The van der Waals surface area contributed by atoms with Crippen molar-refractivity contribution in [1.29, 1.82) is 0 Å². The Labute approximate surface area is 299 Å². The number of hydrogen-bond acceptors (Lipinski definition) is 5. The van der Waals surface area contributed by atoms with Gasteiger partial charge in [-0.2, -0.15) is 0 Å². The molecule has 4 aromatic rings. The summed E-state index contributed by atoms with van der Waals surface area (Å²) in [5.74, 6) is 0.474. The number of halogens is 3. The predicted molar refractivity (Wildman–Crippen MR) is 198 cm³/mol. The van der Waals surface area contributed by atoms with Crippen molar-refractivity contribution >= 4 is 22.7 Å². The van der Waals surface area contributed by atoms with Crippen LogP contribution in [-0.4, -0.2) is 29.3 Å². The second-order valence-corrected chi connectivity index (χ2v) is 13.8. The number of ether oxygens (including phenoxy) is 2. The molecular weight excluding hydrogens is 630 g/mol. The molecule has 0 saturated heterocycles. The number of benzene rings is 2. The lowest BCUT2D eigenvalue weighted by Gasteiger charge is -2.25. The predicted octanol–water partition coefficient (Wildman–Crippen LogP) is 11.4. The van der Waals surface area contributed by atoms with Gasteiger partial charge in [-0.1, -0.05) is 64.1 Å². The summed E-state index contributed by atoms with van der Waals surface area (Å²) in [6.45, 7) is 8.82. The number of rotatable bonds is 8. The molecule has 0 unspecified atom stereocenters. The number of pyridine rings is 2. The van der Waals surface area contributed by atoms with E-state index in [9.17, 15) is 13.9 Å². The van der Waals surface area contributed by atoms with Gasteiger partial charge in [-0.3, -0.25) is 0 Å². The minimum atomic E-state index is -0.384. The van der Waals surface area contributed by atoms with E-state index in [0.717, 1.165) is 59.1 Å². The Hall–Kier alpha value is -4.07. The first-order chi connectivity index (χ1) is 26.9. The third kappa shape index (κ3) is 7.32. The molecule has 6 rings (SSSR count). The van der Waals surface area contributed by atoms with E-state index in [0.29, 0.717) is 28.8 Å². The quantitative estimate of drug-likeness (QED) is 0.186. The van der Waals surface area contributed by atoms with Gasteiger partial charge < -0.3 is 14.6 Å². The fraction of sp³-hybridized carbons (Fsp3) is 0.350. The van der Waals surface area contributed by atoms with Crippen LogP contribution in [0.15, 0.2) is 73.1 Å². The summed E-state index contributed by atoms with van der Waals surface area (Å²) >= 11 is 6.03. The third-order valence-electron chi connectivity index (χ3n) is 9.44. The van der Waals surface area contributed by atoms with Crippen LogP contribution >= 0.6 is 11.6 Å². The highest BCUT2D eigenvalue weighted by atomic mass is 35.5. The zero-order valence-corrected chi connectivity index (χ0v) is 29.2. The van der Waals surface area contributed by atoms with Crippen LogP contribution < -0.4 is 9.47 Å². The van der Waals surface area contributed by atoms with Gasteiger partial charge in [-0.05, 0) is 93.2 Å². The first-order valence-corrected chi connectivity index (χ1v) is 16.7. The fourth-order valence-corrected chi connectivity index (χ4v) is 6.85. The van der Waals surface area contributed by atoms with Crippen LogP contribution in [0.25, 0.3) is 33.4 Å². The molecule has 0 radical (unpaired) electrons. The maximum absolute atomic E-state index is 14.5. The number of nitrogens with zero attached hydrogens (tertiary/aromatic N) is 2. The molecule has 2 aliphatic carbocycles. The molecule has 260 valence electrons. The monoisotopic (exact) mass is 696 g/mol. The van der Waals surface area contributed by atoms with E-state index < -0.39 is 0 Å². The van der Waals surface area contributed by atoms with E-state index in [2.05, 4.69) is 55.9 Å². The van der Waals surface area contributed by atoms with Crippen molar-refractivity contribution < 1.29 is 35.2 Å². The van der Waals surface area contributed by atoms with E-state index in [1.807, 2.05) is 30.3 Å². The highest BCUT2D eigenvalue weighted by Crippen LogP contribution is 2.48. The van der Waals surface area contributed by atoms with E-state index in [-0.39, 0.29) is 29.1 Å². The maximum atomic E-state index is 14.5. The summed E-state index contributed by atoms with van der Waals surface area (Å²) in [6, 6.07) is 14.9. The third-order valence-corrected chi connectivity index (χ3v) is 9.75. The lowest BCUT2D eigenvalue weighted by molar-refractivity contribution is 0.282. The summed E-state index contributed by atoms with van der Waals surface area (Å²) < 4.78 is 79.2. The van der Waals surface area contributed by atoms with Crippen molar-refractivity contribution in [2.24, 2.45) is 10.8 Å². The van der Waals surface area contributed by atoms with Crippen LogP contribution in [0.1, 0.15) is 87.5 Å². The molecule has 2 aromatic carbocycles. The minimum absolute atomic E-state index is 0.0242. The molecule has 2 heterocycles. The van der Waals surface area contributed by atoms with Gasteiger partial charge in [0.1, 0.15) is 11.6 Å². The lowest BCUT2D eigenvalue weighted by Crippen LogP contribution is -2.10. The second kappa shape index (κ2) is 14.6. The Morgan fingerprint density at radius 1 is 0.708 bits per heavy atom. The topological polar surface area (TPSA) is 64.5 Å². The number of aromatic nitrogens is 2. The highest BCUT2D eigenvalue weighted by Gasteiger charge is 2.31. The summed E-state index contributed by atoms with van der Waals surface area (Å²) in [4.78, 5) is 7.86. The first kappa shape index (κ1) is 30.0. The molecule has 5 nitrogen and oxygen atoms in total. The van der Waals surface area contributed by atoms with Gasteiger partial charge >= 0.3 is 0 Å². The van der Waals surface area contributed by atoms with Crippen molar-refractivity contribution in [3.05, 3.63) is 107 Å². The van der Waals surface area contributed by atoms with Gasteiger partial charge in [0.15, 0.2) is 0 Å². The number of alkyl halides is 1. The molecule has 0 bridgehead atoms. The lowest BCUT2D eigenvalue weighted by atomic mass is 9.79. The molecule has 1 N–H and O–H groups in total. The second-order valence-electron chi connectivity index (χ2n) is 13.5. The van der Waals surface area contributed by atoms with E-state index in [1.165, 1.54) is 37.8 Å². The molecule has 8 heteroatoms. The van der Waals surface area contributed by atoms with E-state index in [1.54, 1.807) is 12.1 Å². The minimum Gasteiger partial charge on any atom is -0.481 e. The summed E-state index contributed by atoms with van der Waals surface area (Å²) in [6.07, 6.45) is 11.1. The number of aliphatic hydroxyl groups is 1. The normalized spacial score (nSPS) is 16.8. The first-order valence-electron chi connectivity index (χ1n) is 20.2. The summed E-state index contributed by atoms with van der Waals surface area (Å²) in [5, 5.41) is 9.51. The Balaban J connectivity index is 0.000000476. The zero-order chi connectivity index (χ0) is 42.6. The highest BCUT2D eigenvalue weighted by molar-refractivity contribution is 6.17. The van der Waals surface area contributed by atoms with Crippen LogP contribution in [0.3, 0.4) is 0 Å². The van der Waals surface area contributed by atoms with Gasteiger partial charge in [0, 0.05) is 41.0 Å². The van der Waals surface area contributed by atoms with Gasteiger partial charge in [-0.25, -0.2) is 18.7 Å². The Morgan fingerprint density at radius 2 is 1.15 bits per heavy atom. The molecule has 0 atom stereocenters. The average molecular weight is 697 g/mol. The molecule has 2 aliphatic rings. The van der Waals surface area contributed by atoms with Gasteiger partial charge in [0.05, 0.1) is 33.2 Å². The van der Waals surface area contributed by atoms with Gasteiger partial charge in [0.2, 0.25) is 11.8 Å². The molecule has 48 heavy (non-hydrogen) atoms. The average Bonchev–Trinajstić information content (AvgIpc) is 3.79.